The number of hydrogen-bond donors (Lipinski definition) is 0. The van der Waals surface area contributed by atoms with Crippen LogP contribution in [0.15, 0.2) is 42.5 Å². The summed E-state index contributed by atoms with van der Waals surface area (Å²) in [6.45, 7) is 3.00. The Hall–Kier alpha value is -3.22. The summed E-state index contributed by atoms with van der Waals surface area (Å²) >= 11 is 0. The third kappa shape index (κ3) is 4.85. The van der Waals surface area contributed by atoms with Crippen molar-refractivity contribution in [3.05, 3.63) is 88.5 Å². The first-order valence-electron chi connectivity index (χ1n) is 11.8. The maximum atomic E-state index is 15.1. The van der Waals surface area contributed by atoms with Crippen LogP contribution in [-0.4, -0.2) is 19.8 Å². The molecule has 0 aromatic heterocycles. The highest BCUT2D eigenvalue weighted by atomic mass is 19.3. The lowest BCUT2D eigenvalue weighted by Gasteiger charge is -2.51. The fourth-order valence-electron chi connectivity index (χ4n) is 4.73. The van der Waals surface area contributed by atoms with Gasteiger partial charge in [0.05, 0.1) is 19.8 Å². The van der Waals surface area contributed by atoms with Crippen LogP contribution in [0, 0.1) is 40.3 Å². The van der Waals surface area contributed by atoms with Gasteiger partial charge in [-0.25, -0.2) is 26.3 Å². The highest BCUT2D eigenvalue weighted by Gasteiger charge is 2.53. The van der Waals surface area contributed by atoms with Gasteiger partial charge in [-0.15, -0.1) is 0 Å². The van der Waals surface area contributed by atoms with Crippen LogP contribution in [0.1, 0.15) is 30.9 Å². The Kier molecular flexibility index (Phi) is 6.84. The molecule has 3 fully saturated rings. The number of alkyl halides is 2. The molecule has 4 nitrogen and oxygen atoms in total. The molecule has 0 N–H and O–H groups in total. The van der Waals surface area contributed by atoms with Crippen molar-refractivity contribution in [1.29, 1.82) is 0 Å². The van der Waals surface area contributed by atoms with Crippen LogP contribution in [0.2, 0.25) is 0 Å². The van der Waals surface area contributed by atoms with Gasteiger partial charge in [-0.2, -0.15) is 8.78 Å². The molecule has 3 aliphatic heterocycles. The second-order valence-electron chi connectivity index (χ2n) is 9.50. The normalized spacial score (nSPS) is 22.8. The Morgan fingerprint density at radius 2 is 1.33 bits per heavy atom. The summed E-state index contributed by atoms with van der Waals surface area (Å²) in [6.07, 6.45) is -3.07. The number of benzene rings is 3. The van der Waals surface area contributed by atoms with E-state index in [4.69, 9.17) is 14.2 Å². The zero-order valence-electron chi connectivity index (χ0n) is 20.2. The smallest absolute Gasteiger partial charge is 0.429 e. The molecular formula is C27H20F8O4. The SMILES string of the molecule is CCCC12COC(c3ccc(-c4cc(F)c(C(F)(F)Oc5cc(F)c(F)c(F)c5)c(F)c4)c(F)c3)(OC1)OC2. The van der Waals surface area contributed by atoms with Crippen molar-refractivity contribution >= 4 is 0 Å². The zero-order chi connectivity index (χ0) is 28.2. The van der Waals surface area contributed by atoms with E-state index in [-0.39, 0.29) is 28.7 Å². The van der Waals surface area contributed by atoms with E-state index in [0.717, 1.165) is 25.0 Å². The maximum absolute atomic E-state index is 15.1. The van der Waals surface area contributed by atoms with Crippen molar-refractivity contribution in [3.63, 3.8) is 0 Å². The Morgan fingerprint density at radius 1 is 0.769 bits per heavy atom. The van der Waals surface area contributed by atoms with Crippen LogP contribution in [0.5, 0.6) is 5.75 Å². The number of ether oxygens (including phenoxy) is 4. The van der Waals surface area contributed by atoms with Crippen molar-refractivity contribution in [1.82, 2.24) is 0 Å². The van der Waals surface area contributed by atoms with Gasteiger partial charge in [0.1, 0.15) is 28.8 Å². The fourth-order valence-corrected chi connectivity index (χ4v) is 4.73. The monoisotopic (exact) mass is 560 g/mol. The molecule has 0 saturated carbocycles. The highest BCUT2D eigenvalue weighted by molar-refractivity contribution is 5.65. The van der Waals surface area contributed by atoms with Crippen molar-refractivity contribution in [3.8, 4) is 16.9 Å². The molecule has 0 amide bonds. The molecule has 6 rings (SSSR count). The topological polar surface area (TPSA) is 36.9 Å². The average Bonchev–Trinajstić information content (AvgIpc) is 2.87. The minimum Gasteiger partial charge on any atom is -0.429 e. The number of fused-ring (bicyclic) bond motifs is 3. The molecule has 12 heteroatoms. The minimum absolute atomic E-state index is 0.0898. The highest BCUT2D eigenvalue weighted by Crippen LogP contribution is 2.47. The van der Waals surface area contributed by atoms with Gasteiger partial charge in [0, 0.05) is 28.7 Å². The molecule has 0 atom stereocenters. The molecule has 3 heterocycles. The molecule has 3 aromatic rings. The lowest BCUT2D eigenvalue weighted by atomic mass is 9.83. The lowest BCUT2D eigenvalue weighted by Crippen LogP contribution is -2.58. The number of rotatable bonds is 7. The van der Waals surface area contributed by atoms with E-state index in [9.17, 15) is 30.7 Å². The first-order valence-corrected chi connectivity index (χ1v) is 11.8. The first-order chi connectivity index (χ1) is 18.4. The predicted molar refractivity (Wildman–Crippen MR) is 119 cm³/mol. The van der Waals surface area contributed by atoms with Gasteiger partial charge >= 0.3 is 12.1 Å². The summed E-state index contributed by atoms with van der Waals surface area (Å²) in [5, 5.41) is 0. The summed E-state index contributed by atoms with van der Waals surface area (Å²) in [7, 11) is 0. The molecular weight excluding hydrogens is 540 g/mol. The second-order valence-corrected chi connectivity index (χ2v) is 9.50. The molecule has 208 valence electrons. The summed E-state index contributed by atoms with van der Waals surface area (Å²) in [4.78, 5) is 0. The minimum atomic E-state index is -4.77. The van der Waals surface area contributed by atoms with Crippen LogP contribution in [0.3, 0.4) is 0 Å². The molecule has 3 aromatic carbocycles. The maximum Gasteiger partial charge on any atom is 0.432 e. The van der Waals surface area contributed by atoms with Crippen LogP contribution in [0.4, 0.5) is 35.1 Å². The van der Waals surface area contributed by atoms with Gasteiger partial charge in [-0.3, -0.25) is 0 Å². The predicted octanol–water partition coefficient (Wildman–Crippen LogP) is 7.29. The third-order valence-electron chi connectivity index (χ3n) is 6.66. The molecule has 0 radical (unpaired) electrons. The van der Waals surface area contributed by atoms with Crippen molar-refractivity contribution in [2.24, 2.45) is 5.41 Å². The lowest BCUT2D eigenvalue weighted by molar-refractivity contribution is -0.480. The van der Waals surface area contributed by atoms with E-state index in [1.54, 1.807) is 0 Å². The second kappa shape index (κ2) is 9.76. The van der Waals surface area contributed by atoms with Crippen LogP contribution >= 0.6 is 0 Å². The molecule has 2 bridgehead atoms. The van der Waals surface area contributed by atoms with Gasteiger partial charge in [0.25, 0.3) is 0 Å². The van der Waals surface area contributed by atoms with Crippen molar-refractivity contribution < 1.29 is 54.1 Å². The largest absolute Gasteiger partial charge is 0.432 e. The summed E-state index contributed by atoms with van der Waals surface area (Å²) in [5.74, 6) is -13.1. The Bertz CT molecular complexity index is 1360. The molecule has 0 spiro atoms. The molecule has 3 aliphatic rings. The molecule has 3 saturated heterocycles. The zero-order valence-corrected chi connectivity index (χ0v) is 20.2. The Balaban J connectivity index is 1.41. The van der Waals surface area contributed by atoms with E-state index < -0.39 is 63.9 Å². The average molecular weight is 560 g/mol. The van der Waals surface area contributed by atoms with E-state index in [2.05, 4.69) is 4.74 Å². The summed E-state index contributed by atoms with van der Waals surface area (Å²) in [5.41, 5.74) is -2.80. The quantitative estimate of drug-likeness (QED) is 0.225. The van der Waals surface area contributed by atoms with E-state index in [1.807, 2.05) is 6.92 Å². The summed E-state index contributed by atoms with van der Waals surface area (Å²) in [6, 6.07) is 4.58. The van der Waals surface area contributed by atoms with Gasteiger partial charge in [-0.05, 0) is 30.2 Å². The number of hydrogen-bond acceptors (Lipinski definition) is 4. The van der Waals surface area contributed by atoms with E-state index >= 15 is 4.39 Å². The van der Waals surface area contributed by atoms with Gasteiger partial charge in [0.2, 0.25) is 0 Å². The first kappa shape index (κ1) is 27.4. The Labute approximate surface area is 217 Å². The fraction of sp³-hybridized carbons (Fsp3) is 0.333. The van der Waals surface area contributed by atoms with Crippen LogP contribution in [-0.2, 0) is 26.3 Å². The van der Waals surface area contributed by atoms with Gasteiger partial charge in [0.15, 0.2) is 17.5 Å². The van der Waals surface area contributed by atoms with Crippen LogP contribution in [0.25, 0.3) is 11.1 Å². The molecule has 0 aliphatic carbocycles. The van der Waals surface area contributed by atoms with E-state index in [0.29, 0.717) is 32.0 Å². The van der Waals surface area contributed by atoms with Gasteiger partial charge in [-0.1, -0.05) is 25.5 Å². The number of halogens is 8. The van der Waals surface area contributed by atoms with Crippen LogP contribution < -0.4 is 4.74 Å². The van der Waals surface area contributed by atoms with Gasteiger partial charge < -0.3 is 18.9 Å². The molecule has 39 heavy (non-hydrogen) atoms. The van der Waals surface area contributed by atoms with Crippen molar-refractivity contribution in [2.75, 3.05) is 19.8 Å². The third-order valence-corrected chi connectivity index (χ3v) is 6.66. The van der Waals surface area contributed by atoms with E-state index in [1.165, 1.54) is 6.07 Å². The summed E-state index contributed by atoms with van der Waals surface area (Å²) < 4.78 is 135. The Morgan fingerprint density at radius 3 is 1.85 bits per heavy atom. The standard InChI is InChI=1S/C27H20F8O4/c1-2-5-25-11-36-27(37-12-25,38-13-25)15-3-4-17(18(28)8-15)14-6-19(29)23(20(30)7-14)26(34,35)39-16-9-21(31)24(33)22(32)10-16/h3-4,6-10H,2,5,11-13H2,1H3. The van der Waals surface area contributed by atoms with Crippen molar-refractivity contribution in [2.45, 2.75) is 31.8 Å². The molecule has 0 unspecified atom stereocenters.